The molecular weight excluding hydrogens is 188 g/mol. The molecule has 0 aromatic carbocycles. The Morgan fingerprint density at radius 2 is 2.13 bits per heavy atom. The molecule has 0 spiro atoms. The first-order valence-electron chi connectivity index (χ1n) is 5.45. The SMILES string of the molecule is CC(C)C1(CNc2ccc(N)nn2)CC1. The molecule has 4 heteroatoms. The van der Waals surface area contributed by atoms with Gasteiger partial charge in [0.25, 0.3) is 0 Å². The van der Waals surface area contributed by atoms with E-state index >= 15 is 0 Å². The van der Waals surface area contributed by atoms with Gasteiger partial charge in [0.1, 0.15) is 11.6 Å². The highest BCUT2D eigenvalue weighted by Gasteiger charge is 2.44. The van der Waals surface area contributed by atoms with E-state index in [2.05, 4.69) is 29.4 Å². The van der Waals surface area contributed by atoms with Crippen molar-refractivity contribution < 1.29 is 0 Å². The number of hydrogen-bond acceptors (Lipinski definition) is 4. The van der Waals surface area contributed by atoms with Crippen LogP contribution in [0.4, 0.5) is 11.6 Å². The Hall–Kier alpha value is -1.32. The van der Waals surface area contributed by atoms with Crippen molar-refractivity contribution in [1.82, 2.24) is 10.2 Å². The maximum Gasteiger partial charge on any atom is 0.148 e. The summed E-state index contributed by atoms with van der Waals surface area (Å²) in [4.78, 5) is 0. The van der Waals surface area contributed by atoms with E-state index in [1.807, 2.05) is 6.07 Å². The van der Waals surface area contributed by atoms with Gasteiger partial charge in [0.15, 0.2) is 0 Å². The third-order valence-corrected chi connectivity index (χ3v) is 3.42. The van der Waals surface area contributed by atoms with E-state index in [4.69, 9.17) is 5.73 Å². The molecule has 82 valence electrons. The van der Waals surface area contributed by atoms with Crippen molar-refractivity contribution >= 4 is 11.6 Å². The summed E-state index contributed by atoms with van der Waals surface area (Å²) in [6.07, 6.45) is 2.64. The molecule has 0 saturated heterocycles. The van der Waals surface area contributed by atoms with Crippen LogP contribution in [0.15, 0.2) is 12.1 Å². The van der Waals surface area contributed by atoms with Crippen LogP contribution in [0.2, 0.25) is 0 Å². The van der Waals surface area contributed by atoms with Crippen molar-refractivity contribution in [3.05, 3.63) is 12.1 Å². The van der Waals surface area contributed by atoms with E-state index in [-0.39, 0.29) is 0 Å². The predicted octanol–water partition coefficient (Wildman–Crippen LogP) is 1.91. The number of hydrogen-bond donors (Lipinski definition) is 2. The van der Waals surface area contributed by atoms with Crippen LogP contribution in [-0.4, -0.2) is 16.7 Å². The van der Waals surface area contributed by atoms with E-state index < -0.39 is 0 Å². The standard InChI is InChI=1S/C11H18N4/c1-8(2)11(5-6-11)7-13-10-4-3-9(12)14-15-10/h3-4,8H,5-7H2,1-2H3,(H2,12,14)(H,13,15). The van der Waals surface area contributed by atoms with Gasteiger partial charge in [0.05, 0.1) is 0 Å². The van der Waals surface area contributed by atoms with Crippen LogP contribution in [-0.2, 0) is 0 Å². The van der Waals surface area contributed by atoms with Gasteiger partial charge in [-0.25, -0.2) is 0 Å². The number of nitrogens with zero attached hydrogens (tertiary/aromatic N) is 2. The number of anilines is 2. The fourth-order valence-electron chi connectivity index (χ4n) is 1.82. The topological polar surface area (TPSA) is 63.8 Å². The van der Waals surface area contributed by atoms with Crippen LogP contribution in [0.5, 0.6) is 0 Å². The smallest absolute Gasteiger partial charge is 0.148 e. The van der Waals surface area contributed by atoms with Crippen LogP contribution in [0, 0.1) is 11.3 Å². The zero-order chi connectivity index (χ0) is 10.9. The zero-order valence-corrected chi connectivity index (χ0v) is 9.33. The Morgan fingerprint density at radius 1 is 1.40 bits per heavy atom. The molecule has 1 aliphatic carbocycles. The lowest BCUT2D eigenvalue weighted by Gasteiger charge is -2.20. The monoisotopic (exact) mass is 206 g/mol. The molecule has 1 fully saturated rings. The van der Waals surface area contributed by atoms with Gasteiger partial charge in [-0.2, -0.15) is 0 Å². The summed E-state index contributed by atoms with van der Waals surface area (Å²) in [5, 5.41) is 11.1. The third kappa shape index (κ3) is 2.19. The van der Waals surface area contributed by atoms with E-state index in [1.54, 1.807) is 6.07 Å². The summed E-state index contributed by atoms with van der Waals surface area (Å²) in [6.45, 7) is 5.55. The Morgan fingerprint density at radius 3 is 2.60 bits per heavy atom. The average molecular weight is 206 g/mol. The Balaban J connectivity index is 1.91. The number of nitrogen functional groups attached to an aromatic ring is 1. The lowest BCUT2D eigenvalue weighted by Crippen LogP contribution is -2.21. The van der Waals surface area contributed by atoms with Gasteiger partial charge < -0.3 is 11.1 Å². The summed E-state index contributed by atoms with van der Waals surface area (Å²) >= 11 is 0. The van der Waals surface area contributed by atoms with Gasteiger partial charge in [-0.15, -0.1) is 10.2 Å². The van der Waals surface area contributed by atoms with Gasteiger partial charge in [0, 0.05) is 6.54 Å². The first-order chi connectivity index (χ1) is 7.12. The third-order valence-electron chi connectivity index (χ3n) is 3.42. The van der Waals surface area contributed by atoms with E-state index in [1.165, 1.54) is 12.8 Å². The molecule has 0 aliphatic heterocycles. The van der Waals surface area contributed by atoms with Crippen molar-refractivity contribution in [2.75, 3.05) is 17.6 Å². The highest BCUT2D eigenvalue weighted by atomic mass is 15.2. The normalized spacial score (nSPS) is 17.8. The van der Waals surface area contributed by atoms with Crippen molar-refractivity contribution in [3.63, 3.8) is 0 Å². The molecule has 1 aromatic rings. The van der Waals surface area contributed by atoms with Crippen molar-refractivity contribution in [2.24, 2.45) is 11.3 Å². The fourth-order valence-corrected chi connectivity index (χ4v) is 1.82. The van der Waals surface area contributed by atoms with Crippen molar-refractivity contribution in [1.29, 1.82) is 0 Å². The summed E-state index contributed by atoms with van der Waals surface area (Å²) in [7, 11) is 0. The second-order valence-electron chi connectivity index (χ2n) is 4.71. The second-order valence-corrected chi connectivity index (χ2v) is 4.71. The largest absolute Gasteiger partial charge is 0.382 e. The summed E-state index contributed by atoms with van der Waals surface area (Å²) in [5.41, 5.74) is 5.96. The van der Waals surface area contributed by atoms with Crippen molar-refractivity contribution in [3.8, 4) is 0 Å². The van der Waals surface area contributed by atoms with Gasteiger partial charge in [-0.3, -0.25) is 0 Å². The molecule has 0 amide bonds. The molecule has 1 heterocycles. The summed E-state index contributed by atoms with van der Waals surface area (Å²) in [6, 6.07) is 3.64. The maximum atomic E-state index is 5.47. The minimum absolute atomic E-state index is 0.463. The number of nitrogens with two attached hydrogens (primary N) is 1. The Labute approximate surface area is 90.3 Å². The predicted molar refractivity (Wildman–Crippen MR) is 61.4 cm³/mol. The molecular formula is C11H18N4. The van der Waals surface area contributed by atoms with E-state index in [0.29, 0.717) is 11.2 Å². The van der Waals surface area contributed by atoms with Crippen LogP contribution in [0.3, 0.4) is 0 Å². The minimum atomic E-state index is 0.463. The average Bonchev–Trinajstić information content (AvgIpc) is 2.98. The molecule has 0 bridgehead atoms. The number of nitrogens with one attached hydrogen (secondary N) is 1. The van der Waals surface area contributed by atoms with Crippen molar-refractivity contribution in [2.45, 2.75) is 26.7 Å². The molecule has 0 radical (unpaired) electrons. The highest BCUT2D eigenvalue weighted by molar-refractivity contribution is 5.38. The van der Waals surface area contributed by atoms with Gasteiger partial charge in [0.2, 0.25) is 0 Å². The fraction of sp³-hybridized carbons (Fsp3) is 0.636. The lowest BCUT2D eigenvalue weighted by molar-refractivity contribution is 0.379. The molecule has 1 aliphatic rings. The summed E-state index contributed by atoms with van der Waals surface area (Å²) < 4.78 is 0. The molecule has 1 saturated carbocycles. The lowest BCUT2D eigenvalue weighted by atomic mass is 9.92. The van der Waals surface area contributed by atoms with Crippen LogP contribution >= 0.6 is 0 Å². The Kier molecular flexibility index (Phi) is 2.50. The van der Waals surface area contributed by atoms with Crippen LogP contribution in [0.1, 0.15) is 26.7 Å². The van der Waals surface area contributed by atoms with Gasteiger partial charge in [-0.1, -0.05) is 13.8 Å². The molecule has 3 N–H and O–H groups in total. The highest BCUT2D eigenvalue weighted by Crippen LogP contribution is 2.51. The molecule has 0 atom stereocenters. The maximum absolute atomic E-state index is 5.47. The minimum Gasteiger partial charge on any atom is -0.382 e. The van der Waals surface area contributed by atoms with Crippen LogP contribution < -0.4 is 11.1 Å². The first kappa shape index (κ1) is 10.2. The van der Waals surface area contributed by atoms with E-state index in [0.717, 1.165) is 18.3 Å². The molecule has 4 nitrogen and oxygen atoms in total. The number of aromatic nitrogens is 2. The quantitative estimate of drug-likeness (QED) is 0.789. The summed E-state index contributed by atoms with van der Waals surface area (Å²) in [5.74, 6) is 2.01. The number of rotatable bonds is 4. The molecule has 1 aromatic heterocycles. The molecule has 0 unspecified atom stereocenters. The zero-order valence-electron chi connectivity index (χ0n) is 9.33. The van der Waals surface area contributed by atoms with Gasteiger partial charge in [-0.05, 0) is 36.3 Å². The molecule has 15 heavy (non-hydrogen) atoms. The van der Waals surface area contributed by atoms with E-state index in [9.17, 15) is 0 Å². The van der Waals surface area contributed by atoms with Crippen LogP contribution in [0.25, 0.3) is 0 Å². The first-order valence-corrected chi connectivity index (χ1v) is 5.45. The molecule has 2 rings (SSSR count). The Bertz CT molecular complexity index is 327. The van der Waals surface area contributed by atoms with Gasteiger partial charge >= 0.3 is 0 Å². The second kappa shape index (κ2) is 3.68.